The molecule has 0 aromatic heterocycles. The van der Waals surface area contributed by atoms with Gasteiger partial charge in [0.2, 0.25) is 0 Å². The minimum absolute atomic E-state index is 0.826. The minimum Gasteiger partial charge on any atom is -0.330 e. The lowest BCUT2D eigenvalue weighted by molar-refractivity contribution is 0.310. The van der Waals surface area contributed by atoms with Crippen LogP contribution < -0.4 is 5.73 Å². The van der Waals surface area contributed by atoms with Crippen molar-refractivity contribution in [1.82, 2.24) is 4.90 Å². The monoisotopic (exact) mass is 262 g/mol. The maximum atomic E-state index is 5.64. The molecule has 0 bridgehead atoms. The van der Waals surface area contributed by atoms with Gasteiger partial charge < -0.3 is 10.6 Å². The molecule has 0 heterocycles. The lowest BCUT2D eigenvalue weighted by atomic mass is 9.96. The van der Waals surface area contributed by atoms with Gasteiger partial charge in [-0.05, 0) is 57.3 Å². The summed E-state index contributed by atoms with van der Waals surface area (Å²) in [7, 11) is 2.23. The van der Waals surface area contributed by atoms with E-state index in [1.54, 1.807) is 0 Å². The second-order valence-corrected chi connectivity index (χ2v) is 5.53. The Morgan fingerprint density at radius 1 is 1.11 bits per heavy atom. The predicted molar refractivity (Wildman–Crippen MR) is 84.3 cm³/mol. The summed E-state index contributed by atoms with van der Waals surface area (Å²) in [6.45, 7) is 5.47. The van der Waals surface area contributed by atoms with Gasteiger partial charge in [-0.2, -0.15) is 0 Å². The van der Waals surface area contributed by atoms with Gasteiger partial charge in [0.1, 0.15) is 0 Å². The number of hydrogen-bond acceptors (Lipinski definition) is 2. The zero-order valence-electron chi connectivity index (χ0n) is 12.6. The van der Waals surface area contributed by atoms with Gasteiger partial charge in [-0.25, -0.2) is 0 Å². The van der Waals surface area contributed by atoms with Crippen LogP contribution in [-0.4, -0.2) is 31.6 Å². The molecule has 0 aliphatic heterocycles. The van der Waals surface area contributed by atoms with Gasteiger partial charge in [0, 0.05) is 6.54 Å². The van der Waals surface area contributed by atoms with Gasteiger partial charge in [-0.15, -0.1) is 0 Å². The summed E-state index contributed by atoms with van der Waals surface area (Å²) in [6.07, 6.45) is 6.22. The van der Waals surface area contributed by atoms with E-state index >= 15 is 0 Å². The first-order valence-electron chi connectivity index (χ1n) is 7.68. The molecule has 0 amide bonds. The van der Waals surface area contributed by atoms with E-state index in [9.17, 15) is 0 Å². The first-order valence-corrected chi connectivity index (χ1v) is 7.68. The van der Waals surface area contributed by atoms with Crippen LogP contribution in [0.2, 0.25) is 0 Å². The molecule has 1 rings (SSSR count). The van der Waals surface area contributed by atoms with Crippen LogP contribution >= 0.6 is 0 Å². The molecule has 0 saturated carbocycles. The highest BCUT2D eigenvalue weighted by Crippen LogP contribution is 2.14. The van der Waals surface area contributed by atoms with E-state index in [0.29, 0.717) is 0 Å². The number of nitrogens with zero attached hydrogens (tertiary/aromatic N) is 1. The normalized spacial score (nSPS) is 12.8. The van der Waals surface area contributed by atoms with Crippen molar-refractivity contribution in [2.24, 2.45) is 11.7 Å². The van der Waals surface area contributed by atoms with E-state index in [-0.39, 0.29) is 0 Å². The molecular formula is C17H30N2. The Morgan fingerprint density at radius 3 is 2.47 bits per heavy atom. The third-order valence-electron chi connectivity index (χ3n) is 3.93. The Labute approximate surface area is 119 Å². The molecule has 1 atom stereocenters. The van der Waals surface area contributed by atoms with Crippen LogP contribution in [0, 0.1) is 5.92 Å². The second kappa shape index (κ2) is 9.99. The third-order valence-corrected chi connectivity index (χ3v) is 3.93. The Bertz CT molecular complexity index is 310. The number of hydrogen-bond donors (Lipinski definition) is 1. The van der Waals surface area contributed by atoms with Gasteiger partial charge >= 0.3 is 0 Å². The lowest BCUT2D eigenvalue weighted by Crippen LogP contribution is -2.23. The van der Waals surface area contributed by atoms with Crippen LogP contribution in [0.1, 0.15) is 38.2 Å². The quantitative estimate of drug-likeness (QED) is 0.701. The fraction of sp³-hybridized carbons (Fsp3) is 0.647. The summed E-state index contributed by atoms with van der Waals surface area (Å²) in [5, 5.41) is 0. The maximum Gasteiger partial charge on any atom is 0.00188 e. The summed E-state index contributed by atoms with van der Waals surface area (Å²) in [4.78, 5) is 2.45. The van der Waals surface area contributed by atoms with Crippen molar-refractivity contribution >= 4 is 0 Å². The van der Waals surface area contributed by atoms with Crippen molar-refractivity contribution in [3.8, 4) is 0 Å². The summed E-state index contributed by atoms with van der Waals surface area (Å²) in [5.74, 6) is 0.826. The smallest absolute Gasteiger partial charge is 0.00188 e. The fourth-order valence-electron chi connectivity index (χ4n) is 2.51. The molecule has 0 fully saturated rings. The van der Waals surface area contributed by atoms with Crippen molar-refractivity contribution in [3.63, 3.8) is 0 Å². The Hall–Kier alpha value is -0.860. The van der Waals surface area contributed by atoms with Crippen LogP contribution in [0.3, 0.4) is 0 Å². The van der Waals surface area contributed by atoms with Crippen molar-refractivity contribution < 1.29 is 0 Å². The Morgan fingerprint density at radius 2 is 1.84 bits per heavy atom. The van der Waals surface area contributed by atoms with Crippen LogP contribution in [0.15, 0.2) is 30.3 Å². The first-order chi connectivity index (χ1) is 9.26. The third kappa shape index (κ3) is 7.34. The summed E-state index contributed by atoms with van der Waals surface area (Å²) in [5.41, 5.74) is 7.07. The predicted octanol–water partition coefficient (Wildman–Crippen LogP) is 3.32. The van der Waals surface area contributed by atoms with Gasteiger partial charge in [0.05, 0.1) is 0 Å². The number of nitrogens with two attached hydrogens (primary N) is 1. The van der Waals surface area contributed by atoms with Crippen LogP contribution in [0.4, 0.5) is 0 Å². The molecular weight excluding hydrogens is 232 g/mol. The van der Waals surface area contributed by atoms with E-state index in [4.69, 9.17) is 5.73 Å². The molecule has 0 radical (unpaired) electrons. The molecule has 2 N–H and O–H groups in total. The van der Waals surface area contributed by atoms with E-state index in [0.717, 1.165) is 25.4 Å². The number of benzene rings is 1. The Balaban J connectivity index is 2.12. The van der Waals surface area contributed by atoms with Crippen LogP contribution in [0.25, 0.3) is 0 Å². The maximum absolute atomic E-state index is 5.64. The van der Waals surface area contributed by atoms with E-state index in [1.165, 1.54) is 37.8 Å². The number of likely N-dealkylation sites (N-methyl/N-ethyl adjacent to an activating group) is 1. The summed E-state index contributed by atoms with van der Waals surface area (Å²) in [6, 6.07) is 10.7. The summed E-state index contributed by atoms with van der Waals surface area (Å²) >= 11 is 0. The van der Waals surface area contributed by atoms with Crippen LogP contribution in [-0.2, 0) is 6.42 Å². The highest BCUT2D eigenvalue weighted by molar-refractivity contribution is 5.14. The molecule has 19 heavy (non-hydrogen) atoms. The molecule has 108 valence electrons. The van der Waals surface area contributed by atoms with Crippen LogP contribution in [0.5, 0.6) is 0 Å². The highest BCUT2D eigenvalue weighted by Gasteiger charge is 2.06. The zero-order chi connectivity index (χ0) is 13.9. The molecule has 1 aromatic carbocycles. The molecule has 0 saturated heterocycles. The van der Waals surface area contributed by atoms with Crippen molar-refractivity contribution in [2.75, 3.05) is 26.7 Å². The fourth-order valence-corrected chi connectivity index (χ4v) is 2.51. The second-order valence-electron chi connectivity index (χ2n) is 5.53. The minimum atomic E-state index is 0.826. The number of rotatable bonds is 10. The molecule has 2 nitrogen and oxygen atoms in total. The highest BCUT2D eigenvalue weighted by atomic mass is 15.1. The standard InChI is InChI=1S/C17H30N2/c1-3-16(11-13-18)10-7-14-19(2)15-12-17-8-5-4-6-9-17/h4-6,8-9,16H,3,7,10-15,18H2,1-2H3. The van der Waals surface area contributed by atoms with E-state index in [1.807, 2.05) is 0 Å². The average molecular weight is 262 g/mol. The van der Waals surface area contributed by atoms with Crippen molar-refractivity contribution in [2.45, 2.75) is 39.0 Å². The van der Waals surface area contributed by atoms with Crippen molar-refractivity contribution in [3.05, 3.63) is 35.9 Å². The molecule has 1 unspecified atom stereocenters. The van der Waals surface area contributed by atoms with Gasteiger partial charge in [-0.1, -0.05) is 43.7 Å². The Kier molecular flexibility index (Phi) is 8.52. The van der Waals surface area contributed by atoms with E-state index < -0.39 is 0 Å². The lowest BCUT2D eigenvalue weighted by Gasteiger charge is -2.19. The largest absolute Gasteiger partial charge is 0.330 e. The van der Waals surface area contributed by atoms with Gasteiger partial charge in [-0.3, -0.25) is 0 Å². The molecule has 0 aliphatic carbocycles. The average Bonchev–Trinajstić information content (AvgIpc) is 2.45. The molecule has 2 heteroatoms. The summed E-state index contributed by atoms with van der Waals surface area (Å²) < 4.78 is 0. The van der Waals surface area contributed by atoms with Crippen molar-refractivity contribution in [1.29, 1.82) is 0 Å². The van der Waals surface area contributed by atoms with E-state index in [2.05, 4.69) is 49.2 Å². The molecule has 0 spiro atoms. The topological polar surface area (TPSA) is 29.3 Å². The first kappa shape index (κ1) is 16.2. The SMILES string of the molecule is CCC(CCN)CCCN(C)CCc1ccccc1. The zero-order valence-corrected chi connectivity index (χ0v) is 12.6. The molecule has 1 aromatic rings. The molecule has 0 aliphatic rings. The van der Waals surface area contributed by atoms with Gasteiger partial charge in [0.25, 0.3) is 0 Å². The van der Waals surface area contributed by atoms with Gasteiger partial charge in [0.15, 0.2) is 0 Å².